The Bertz CT molecular complexity index is 733. The molecular formula is C18H18N2O4. The normalized spacial score (nSPS) is 17.3. The molecule has 0 bridgehead atoms. The van der Waals surface area contributed by atoms with Gasteiger partial charge in [0.2, 0.25) is 0 Å². The van der Waals surface area contributed by atoms with E-state index >= 15 is 0 Å². The second-order valence-electron chi connectivity index (χ2n) is 5.49. The smallest absolute Gasteiger partial charge is 0.334 e. The molecule has 2 N–H and O–H groups in total. The Morgan fingerprint density at radius 2 is 1.79 bits per heavy atom. The summed E-state index contributed by atoms with van der Waals surface area (Å²) in [5.41, 5.74) is 2.07. The minimum absolute atomic E-state index is 0.0494. The van der Waals surface area contributed by atoms with Gasteiger partial charge in [-0.05, 0) is 24.3 Å². The number of nitrogens with one attached hydrogen (secondary N) is 1. The van der Waals surface area contributed by atoms with Gasteiger partial charge in [0.05, 0.1) is 24.4 Å². The van der Waals surface area contributed by atoms with Gasteiger partial charge < -0.3 is 20.1 Å². The molecule has 0 spiro atoms. The largest absolute Gasteiger partial charge is 0.479 e. The molecule has 0 aromatic heterocycles. The van der Waals surface area contributed by atoms with Crippen LogP contribution >= 0.6 is 0 Å². The van der Waals surface area contributed by atoms with E-state index in [2.05, 4.69) is 5.32 Å². The lowest BCUT2D eigenvalue weighted by Gasteiger charge is -2.31. The maximum Gasteiger partial charge on any atom is 0.334 e. The first-order valence-corrected chi connectivity index (χ1v) is 7.70. The van der Waals surface area contributed by atoms with E-state index in [0.717, 1.165) is 5.69 Å². The number of carbonyl (C=O) groups is 2. The topological polar surface area (TPSA) is 78.9 Å². The number of anilines is 2. The first kappa shape index (κ1) is 16.0. The standard InChI is InChI=1S/C18H18N2O4/c21-17(20-10-11-24-16(12-20)18(22)23)14-8-4-5-9-15(14)19-13-6-2-1-3-7-13/h1-9,16,19H,10-12H2,(H,22,23)/t16-/m1/s1. The van der Waals surface area contributed by atoms with Crippen LogP contribution in [0.1, 0.15) is 10.4 Å². The van der Waals surface area contributed by atoms with Gasteiger partial charge in [-0.15, -0.1) is 0 Å². The van der Waals surface area contributed by atoms with E-state index in [4.69, 9.17) is 9.84 Å². The van der Waals surface area contributed by atoms with E-state index < -0.39 is 12.1 Å². The molecule has 0 unspecified atom stereocenters. The van der Waals surface area contributed by atoms with Crippen molar-refractivity contribution in [1.29, 1.82) is 0 Å². The van der Waals surface area contributed by atoms with E-state index in [1.165, 1.54) is 4.90 Å². The number of morpholine rings is 1. The summed E-state index contributed by atoms with van der Waals surface area (Å²) in [5.74, 6) is -1.26. The van der Waals surface area contributed by atoms with E-state index in [-0.39, 0.29) is 19.1 Å². The van der Waals surface area contributed by atoms with Gasteiger partial charge in [-0.3, -0.25) is 4.79 Å². The molecule has 6 nitrogen and oxygen atoms in total. The molecule has 1 aliphatic heterocycles. The number of benzene rings is 2. The van der Waals surface area contributed by atoms with Gasteiger partial charge >= 0.3 is 5.97 Å². The van der Waals surface area contributed by atoms with Crippen LogP contribution in [0.5, 0.6) is 0 Å². The lowest BCUT2D eigenvalue weighted by Crippen LogP contribution is -2.48. The van der Waals surface area contributed by atoms with Crippen molar-refractivity contribution in [2.24, 2.45) is 0 Å². The number of ether oxygens (including phenoxy) is 1. The predicted octanol–water partition coefficient (Wildman–Crippen LogP) is 2.36. The van der Waals surface area contributed by atoms with Crippen LogP contribution in [0.4, 0.5) is 11.4 Å². The molecule has 124 valence electrons. The van der Waals surface area contributed by atoms with E-state index in [9.17, 15) is 9.59 Å². The van der Waals surface area contributed by atoms with E-state index in [1.54, 1.807) is 12.1 Å². The fraction of sp³-hybridized carbons (Fsp3) is 0.222. The Morgan fingerprint density at radius 1 is 1.08 bits per heavy atom. The number of aliphatic carboxylic acids is 1. The summed E-state index contributed by atoms with van der Waals surface area (Å²) in [6.45, 7) is 0.646. The van der Waals surface area contributed by atoms with Gasteiger partial charge in [0.15, 0.2) is 6.10 Å². The van der Waals surface area contributed by atoms with E-state index in [1.807, 2.05) is 42.5 Å². The summed E-state index contributed by atoms with van der Waals surface area (Å²) in [4.78, 5) is 25.4. The van der Waals surface area contributed by atoms with Crippen LogP contribution < -0.4 is 5.32 Å². The van der Waals surface area contributed by atoms with Gasteiger partial charge in [0.1, 0.15) is 0 Å². The second kappa shape index (κ2) is 7.14. The highest BCUT2D eigenvalue weighted by molar-refractivity contribution is 6.00. The molecule has 0 aliphatic carbocycles. The molecule has 1 saturated heterocycles. The average molecular weight is 326 g/mol. The number of hydrogen-bond acceptors (Lipinski definition) is 4. The Kier molecular flexibility index (Phi) is 4.77. The Labute approximate surface area is 139 Å². The van der Waals surface area contributed by atoms with Crippen molar-refractivity contribution < 1.29 is 19.4 Å². The predicted molar refractivity (Wildman–Crippen MR) is 89.4 cm³/mol. The number of carbonyl (C=O) groups excluding carboxylic acids is 1. The SMILES string of the molecule is O=C(O)[C@H]1CN(C(=O)c2ccccc2Nc2ccccc2)CCO1. The van der Waals surface area contributed by atoms with Gasteiger partial charge in [-0.2, -0.15) is 0 Å². The number of rotatable bonds is 4. The summed E-state index contributed by atoms with van der Waals surface area (Å²) in [6.07, 6.45) is -0.975. The molecule has 24 heavy (non-hydrogen) atoms. The first-order valence-electron chi connectivity index (χ1n) is 7.70. The molecule has 2 aromatic rings. The number of nitrogens with zero attached hydrogens (tertiary/aromatic N) is 1. The van der Waals surface area contributed by atoms with Gasteiger partial charge in [0.25, 0.3) is 5.91 Å². The van der Waals surface area contributed by atoms with Crippen molar-refractivity contribution in [3.8, 4) is 0 Å². The highest BCUT2D eigenvalue weighted by Crippen LogP contribution is 2.23. The van der Waals surface area contributed by atoms with Crippen molar-refractivity contribution in [1.82, 2.24) is 4.90 Å². The zero-order valence-corrected chi connectivity index (χ0v) is 13.0. The zero-order chi connectivity index (χ0) is 16.9. The van der Waals surface area contributed by atoms with Gasteiger partial charge in [-0.25, -0.2) is 4.79 Å². The maximum absolute atomic E-state index is 12.8. The van der Waals surface area contributed by atoms with Crippen LogP contribution in [0.2, 0.25) is 0 Å². The average Bonchev–Trinajstić information content (AvgIpc) is 2.62. The van der Waals surface area contributed by atoms with E-state index in [0.29, 0.717) is 17.8 Å². The number of carboxylic acid groups (broad SMARTS) is 1. The number of carboxylic acids is 1. The van der Waals surface area contributed by atoms with Gasteiger partial charge in [-0.1, -0.05) is 30.3 Å². The van der Waals surface area contributed by atoms with Crippen molar-refractivity contribution in [2.75, 3.05) is 25.0 Å². The molecule has 1 heterocycles. The Balaban J connectivity index is 1.81. The fourth-order valence-corrected chi connectivity index (χ4v) is 2.61. The van der Waals surface area contributed by atoms with Gasteiger partial charge in [0, 0.05) is 12.2 Å². The third-order valence-corrected chi connectivity index (χ3v) is 3.84. The maximum atomic E-state index is 12.8. The number of hydrogen-bond donors (Lipinski definition) is 2. The number of para-hydroxylation sites is 2. The van der Waals surface area contributed by atoms with Crippen molar-refractivity contribution >= 4 is 23.3 Å². The second-order valence-corrected chi connectivity index (χ2v) is 5.49. The Morgan fingerprint density at radius 3 is 2.54 bits per heavy atom. The summed E-state index contributed by atoms with van der Waals surface area (Å²) < 4.78 is 5.17. The monoisotopic (exact) mass is 326 g/mol. The van der Waals surface area contributed by atoms with Crippen LogP contribution in [-0.4, -0.2) is 47.7 Å². The quantitative estimate of drug-likeness (QED) is 0.902. The minimum Gasteiger partial charge on any atom is -0.479 e. The van der Waals surface area contributed by atoms with Crippen LogP contribution in [-0.2, 0) is 9.53 Å². The number of amides is 1. The zero-order valence-electron chi connectivity index (χ0n) is 13.0. The molecule has 6 heteroatoms. The van der Waals surface area contributed by atoms with Crippen LogP contribution in [0, 0.1) is 0 Å². The third kappa shape index (κ3) is 3.55. The summed E-state index contributed by atoms with van der Waals surface area (Å²) in [7, 11) is 0. The highest BCUT2D eigenvalue weighted by Gasteiger charge is 2.30. The summed E-state index contributed by atoms with van der Waals surface area (Å²) in [6, 6.07) is 16.8. The van der Waals surface area contributed by atoms with Crippen molar-refractivity contribution in [3.05, 3.63) is 60.2 Å². The molecule has 1 amide bonds. The lowest BCUT2D eigenvalue weighted by molar-refractivity contribution is -0.154. The first-order chi connectivity index (χ1) is 11.6. The highest BCUT2D eigenvalue weighted by atomic mass is 16.5. The molecular weight excluding hydrogens is 308 g/mol. The van der Waals surface area contributed by atoms with Crippen LogP contribution in [0.3, 0.4) is 0 Å². The molecule has 0 saturated carbocycles. The molecule has 1 aliphatic rings. The van der Waals surface area contributed by atoms with Crippen LogP contribution in [0.15, 0.2) is 54.6 Å². The fourth-order valence-electron chi connectivity index (χ4n) is 2.61. The summed E-state index contributed by atoms with van der Waals surface area (Å²) in [5, 5.41) is 12.3. The molecule has 1 atom stereocenters. The lowest BCUT2D eigenvalue weighted by atomic mass is 10.1. The molecule has 2 aromatic carbocycles. The van der Waals surface area contributed by atoms with Crippen LogP contribution in [0.25, 0.3) is 0 Å². The van der Waals surface area contributed by atoms with Crippen molar-refractivity contribution in [2.45, 2.75) is 6.10 Å². The molecule has 3 rings (SSSR count). The third-order valence-electron chi connectivity index (χ3n) is 3.84. The van der Waals surface area contributed by atoms with Crippen molar-refractivity contribution in [3.63, 3.8) is 0 Å². The summed E-state index contributed by atoms with van der Waals surface area (Å²) >= 11 is 0. The Hall–Kier alpha value is -2.86. The molecule has 0 radical (unpaired) electrons. The minimum atomic E-state index is -1.05. The molecule has 1 fully saturated rings.